The van der Waals surface area contributed by atoms with E-state index in [1.165, 1.54) is 43.5 Å². The fourth-order valence-electron chi connectivity index (χ4n) is 3.97. The maximum absolute atomic E-state index is 13.8. The predicted molar refractivity (Wildman–Crippen MR) is 145 cm³/mol. The molecule has 0 aliphatic carbocycles. The van der Waals surface area contributed by atoms with Gasteiger partial charge in [-0.25, -0.2) is 22.3 Å². The third-order valence-corrected chi connectivity index (χ3v) is 7.42. The summed E-state index contributed by atoms with van der Waals surface area (Å²) in [5, 5.41) is 0. The van der Waals surface area contributed by atoms with Gasteiger partial charge in [0.1, 0.15) is 5.82 Å². The van der Waals surface area contributed by atoms with Crippen LogP contribution in [-0.4, -0.2) is 33.3 Å². The van der Waals surface area contributed by atoms with Crippen LogP contribution in [0.15, 0.2) is 119 Å². The summed E-state index contributed by atoms with van der Waals surface area (Å²) in [4.78, 5) is 18.0. The van der Waals surface area contributed by atoms with E-state index in [0.29, 0.717) is 11.3 Å². The van der Waals surface area contributed by atoms with E-state index >= 15 is 0 Å². The van der Waals surface area contributed by atoms with Gasteiger partial charge in [-0.1, -0.05) is 90.5 Å². The van der Waals surface area contributed by atoms with E-state index in [0.717, 1.165) is 16.7 Å². The third-order valence-electron chi connectivity index (χ3n) is 5.96. The number of rotatable bonds is 9. The molecule has 0 saturated carbocycles. The number of carbonyl (C=O) groups excluding carboxylic acids is 1. The minimum Gasteiger partial charge on any atom is -0.467 e. The Balaban J connectivity index is 1.89. The lowest BCUT2D eigenvalue weighted by Crippen LogP contribution is -2.40. The largest absolute Gasteiger partial charge is 0.467 e. The number of nitrogens with zero attached hydrogens (tertiary/aromatic N) is 1. The number of halogens is 1. The Labute approximate surface area is 221 Å². The van der Waals surface area contributed by atoms with Crippen LogP contribution >= 0.6 is 0 Å². The SMILES string of the molecule is COC(=O)[C@@H](N=C(c1ccccc1)c1ccccc1)[C@@H](NS(=O)(=O)c1ccc(C)cc1)c1ccc(F)cc1. The smallest absolute Gasteiger partial charge is 0.332 e. The molecular weight excluding hydrogens is 503 g/mol. The molecule has 0 amide bonds. The zero-order valence-electron chi connectivity index (χ0n) is 20.9. The quantitative estimate of drug-likeness (QED) is 0.237. The lowest BCUT2D eigenvalue weighted by molar-refractivity contribution is -0.142. The number of aliphatic imine (C=N–C) groups is 1. The fraction of sp³-hybridized carbons (Fsp3) is 0.133. The standard InChI is InChI=1S/C30H27FN2O4S/c1-21-13-19-26(20-14-21)38(35,36)33-28(24-15-17-25(31)18-16-24)29(30(34)37-2)32-27(22-9-5-3-6-10-22)23-11-7-4-8-12-23/h3-20,28-29,33H,1-2H3/t28-,29-/m0/s1. The normalized spacial score (nSPS) is 12.8. The first kappa shape index (κ1) is 26.9. The molecule has 0 spiro atoms. The van der Waals surface area contributed by atoms with Crippen molar-refractivity contribution in [3.8, 4) is 0 Å². The molecule has 38 heavy (non-hydrogen) atoms. The molecular formula is C30H27FN2O4S. The first-order valence-electron chi connectivity index (χ1n) is 11.9. The second kappa shape index (κ2) is 11.9. The average molecular weight is 531 g/mol. The molecule has 6 nitrogen and oxygen atoms in total. The Bertz CT molecular complexity index is 1470. The molecule has 2 atom stereocenters. The van der Waals surface area contributed by atoms with Crippen LogP contribution in [0.4, 0.5) is 4.39 Å². The molecule has 4 aromatic rings. The van der Waals surface area contributed by atoms with Gasteiger partial charge in [-0.15, -0.1) is 0 Å². The third kappa shape index (κ3) is 6.40. The van der Waals surface area contributed by atoms with E-state index in [-0.39, 0.29) is 4.90 Å². The number of carbonyl (C=O) groups is 1. The summed E-state index contributed by atoms with van der Waals surface area (Å²) in [6, 6.07) is 27.6. The van der Waals surface area contributed by atoms with Crippen molar-refractivity contribution >= 4 is 21.7 Å². The first-order chi connectivity index (χ1) is 18.3. The number of methoxy groups -OCH3 is 1. The highest BCUT2D eigenvalue weighted by molar-refractivity contribution is 7.89. The summed E-state index contributed by atoms with van der Waals surface area (Å²) in [7, 11) is -2.89. The number of benzene rings is 4. The van der Waals surface area contributed by atoms with Crippen LogP contribution in [0.25, 0.3) is 0 Å². The van der Waals surface area contributed by atoms with Crippen LogP contribution < -0.4 is 4.72 Å². The number of hydrogen-bond donors (Lipinski definition) is 1. The van der Waals surface area contributed by atoms with E-state index in [1.807, 2.05) is 67.6 Å². The van der Waals surface area contributed by atoms with Gasteiger partial charge in [0.25, 0.3) is 0 Å². The summed E-state index contributed by atoms with van der Waals surface area (Å²) in [6.45, 7) is 1.85. The summed E-state index contributed by atoms with van der Waals surface area (Å²) in [5.74, 6) is -1.25. The summed E-state index contributed by atoms with van der Waals surface area (Å²) in [5.41, 5.74) is 3.18. The maximum Gasteiger partial charge on any atom is 0.332 e. The Kier molecular flexibility index (Phi) is 8.45. The van der Waals surface area contributed by atoms with Crippen LogP contribution in [0.2, 0.25) is 0 Å². The molecule has 0 radical (unpaired) electrons. The van der Waals surface area contributed by atoms with Gasteiger partial charge in [-0.2, -0.15) is 0 Å². The molecule has 0 fully saturated rings. The number of sulfonamides is 1. The molecule has 1 N–H and O–H groups in total. The van der Waals surface area contributed by atoms with Gasteiger partial charge in [0.05, 0.1) is 23.8 Å². The second-order valence-corrected chi connectivity index (χ2v) is 10.4. The first-order valence-corrected chi connectivity index (χ1v) is 13.4. The second-order valence-electron chi connectivity index (χ2n) is 8.64. The van der Waals surface area contributed by atoms with Crippen LogP contribution in [0.5, 0.6) is 0 Å². The molecule has 0 aliphatic heterocycles. The number of ether oxygens (including phenoxy) is 1. The van der Waals surface area contributed by atoms with Crippen molar-refractivity contribution in [3.63, 3.8) is 0 Å². The summed E-state index contributed by atoms with van der Waals surface area (Å²) < 4.78 is 48.4. The van der Waals surface area contributed by atoms with Crippen molar-refractivity contribution in [1.82, 2.24) is 4.72 Å². The molecule has 0 heterocycles. The van der Waals surface area contributed by atoms with Crippen molar-refractivity contribution < 1.29 is 22.3 Å². The van der Waals surface area contributed by atoms with Crippen LogP contribution in [0, 0.1) is 12.7 Å². The van der Waals surface area contributed by atoms with Gasteiger partial charge >= 0.3 is 5.97 Å². The molecule has 4 aromatic carbocycles. The predicted octanol–water partition coefficient (Wildman–Crippen LogP) is 5.23. The summed E-state index contributed by atoms with van der Waals surface area (Å²) in [6.07, 6.45) is 0. The molecule has 0 aromatic heterocycles. The Hall–Kier alpha value is -4.14. The van der Waals surface area contributed by atoms with Gasteiger partial charge in [0.2, 0.25) is 10.0 Å². The molecule has 0 saturated heterocycles. The van der Waals surface area contributed by atoms with Crippen molar-refractivity contribution in [2.24, 2.45) is 4.99 Å². The van der Waals surface area contributed by atoms with Crippen molar-refractivity contribution in [2.45, 2.75) is 23.9 Å². The van der Waals surface area contributed by atoms with Crippen LogP contribution in [-0.2, 0) is 19.6 Å². The molecule has 8 heteroatoms. The minimum atomic E-state index is -4.11. The van der Waals surface area contributed by atoms with Gasteiger partial charge < -0.3 is 4.74 Å². The van der Waals surface area contributed by atoms with Gasteiger partial charge in [0, 0.05) is 11.1 Å². The minimum absolute atomic E-state index is 0.0224. The number of nitrogens with one attached hydrogen (secondary N) is 1. The van der Waals surface area contributed by atoms with E-state index < -0.39 is 33.9 Å². The highest BCUT2D eigenvalue weighted by Crippen LogP contribution is 2.26. The molecule has 0 bridgehead atoms. The number of hydrogen-bond acceptors (Lipinski definition) is 5. The van der Waals surface area contributed by atoms with E-state index in [9.17, 15) is 17.6 Å². The highest BCUT2D eigenvalue weighted by Gasteiger charge is 2.35. The molecule has 0 unspecified atom stereocenters. The van der Waals surface area contributed by atoms with Crippen molar-refractivity contribution in [3.05, 3.63) is 137 Å². The zero-order valence-corrected chi connectivity index (χ0v) is 21.7. The van der Waals surface area contributed by atoms with Crippen LogP contribution in [0.1, 0.15) is 28.3 Å². The lowest BCUT2D eigenvalue weighted by Gasteiger charge is -2.25. The Morgan fingerprint density at radius 1 is 0.816 bits per heavy atom. The highest BCUT2D eigenvalue weighted by atomic mass is 32.2. The summed E-state index contributed by atoms with van der Waals surface area (Å²) >= 11 is 0. The molecule has 194 valence electrons. The van der Waals surface area contributed by atoms with E-state index in [4.69, 9.17) is 9.73 Å². The van der Waals surface area contributed by atoms with E-state index in [2.05, 4.69) is 4.72 Å². The van der Waals surface area contributed by atoms with Gasteiger partial charge in [-0.05, 0) is 36.8 Å². The maximum atomic E-state index is 13.8. The van der Waals surface area contributed by atoms with E-state index in [1.54, 1.807) is 12.1 Å². The Morgan fingerprint density at radius 3 is 1.84 bits per heavy atom. The number of aryl methyl sites for hydroxylation is 1. The monoisotopic (exact) mass is 530 g/mol. The van der Waals surface area contributed by atoms with Gasteiger partial charge in [0.15, 0.2) is 6.04 Å². The molecule has 4 rings (SSSR count). The lowest BCUT2D eigenvalue weighted by atomic mass is 9.98. The topological polar surface area (TPSA) is 84.8 Å². The van der Waals surface area contributed by atoms with Crippen LogP contribution in [0.3, 0.4) is 0 Å². The zero-order chi connectivity index (χ0) is 27.1. The average Bonchev–Trinajstić information content (AvgIpc) is 2.94. The fourth-order valence-corrected chi connectivity index (χ4v) is 5.20. The molecule has 0 aliphatic rings. The van der Waals surface area contributed by atoms with Crippen molar-refractivity contribution in [2.75, 3.05) is 7.11 Å². The van der Waals surface area contributed by atoms with Crippen molar-refractivity contribution in [1.29, 1.82) is 0 Å². The van der Waals surface area contributed by atoms with Gasteiger partial charge in [-0.3, -0.25) is 4.99 Å². The number of esters is 1. The Morgan fingerprint density at radius 2 is 1.34 bits per heavy atom.